The van der Waals surface area contributed by atoms with Gasteiger partial charge in [0.1, 0.15) is 11.8 Å². The Morgan fingerprint density at radius 2 is 1.77 bits per heavy atom. The zero-order valence-corrected chi connectivity index (χ0v) is 23.6. The van der Waals surface area contributed by atoms with E-state index in [4.69, 9.17) is 4.74 Å². The number of anilines is 1. The van der Waals surface area contributed by atoms with E-state index in [1.807, 2.05) is 48.2 Å². The van der Waals surface area contributed by atoms with E-state index in [1.54, 1.807) is 21.6 Å². The lowest BCUT2D eigenvalue weighted by Gasteiger charge is -2.35. The first-order chi connectivity index (χ1) is 19.0. The number of benzene rings is 1. The second-order valence-corrected chi connectivity index (χ2v) is 12.1. The SMILES string of the molecule is CCCCCN1CC=C[C@]23S[C@@H]4C=CCN(c5ccc(OCC)cc5)C(=O)[C@@H]4[C@H]2C(=O)N(CCCO)C3C1=O. The highest BCUT2D eigenvalue weighted by molar-refractivity contribution is 8.02. The van der Waals surface area contributed by atoms with Gasteiger partial charge in [-0.25, -0.2) is 0 Å². The molecule has 210 valence electrons. The van der Waals surface area contributed by atoms with Crippen LogP contribution in [0.4, 0.5) is 5.69 Å². The summed E-state index contributed by atoms with van der Waals surface area (Å²) in [6.45, 7) is 6.44. The van der Waals surface area contributed by atoms with Crippen LogP contribution in [0.25, 0.3) is 0 Å². The van der Waals surface area contributed by atoms with Crippen LogP contribution in [0.1, 0.15) is 39.5 Å². The highest BCUT2D eigenvalue weighted by Gasteiger charge is 2.70. The number of unbranched alkanes of at least 4 members (excludes halogenated alkanes) is 2. The number of likely N-dealkylation sites (tertiary alicyclic amines) is 1. The van der Waals surface area contributed by atoms with E-state index in [0.717, 1.165) is 30.7 Å². The first kappa shape index (κ1) is 27.8. The molecule has 1 unspecified atom stereocenters. The molecule has 4 aliphatic heterocycles. The van der Waals surface area contributed by atoms with Crippen molar-refractivity contribution in [2.24, 2.45) is 11.8 Å². The van der Waals surface area contributed by atoms with Gasteiger partial charge in [0.2, 0.25) is 17.7 Å². The molecule has 0 bridgehead atoms. The Morgan fingerprint density at radius 3 is 2.49 bits per heavy atom. The van der Waals surface area contributed by atoms with Crippen molar-refractivity contribution in [2.45, 2.75) is 55.6 Å². The minimum Gasteiger partial charge on any atom is -0.494 e. The standard InChI is InChI=1S/C30H39N3O5S/c1-3-5-6-16-31-17-8-15-30-25(28(36)33(19-9-20-34)26(30)29(31)37)24-23(39-30)10-7-18-32(27(24)35)21-11-13-22(14-12-21)38-4-2/h7-8,10-15,23-26,34H,3-6,9,16-20H2,1-2H3/t23-,24+,25+,26?,30+/m1/s1. The number of ether oxygens (including phenoxy) is 1. The first-order valence-corrected chi connectivity index (χ1v) is 15.1. The number of nitrogens with zero attached hydrogens (tertiary/aromatic N) is 3. The number of aliphatic hydroxyl groups excluding tert-OH is 1. The molecule has 0 aliphatic carbocycles. The van der Waals surface area contributed by atoms with Crippen LogP contribution in [0.15, 0.2) is 48.6 Å². The van der Waals surface area contributed by atoms with Crippen LogP contribution in [0.5, 0.6) is 5.75 Å². The molecule has 1 aromatic carbocycles. The molecule has 8 nitrogen and oxygen atoms in total. The van der Waals surface area contributed by atoms with Crippen LogP contribution < -0.4 is 9.64 Å². The monoisotopic (exact) mass is 553 g/mol. The summed E-state index contributed by atoms with van der Waals surface area (Å²) in [5, 5.41) is 9.37. The lowest BCUT2D eigenvalue weighted by Crippen LogP contribution is -2.53. The molecule has 1 spiro atoms. The van der Waals surface area contributed by atoms with Gasteiger partial charge in [0, 0.05) is 43.7 Å². The highest BCUT2D eigenvalue weighted by atomic mass is 32.2. The van der Waals surface area contributed by atoms with Crippen molar-refractivity contribution in [3.05, 3.63) is 48.6 Å². The molecule has 0 saturated carbocycles. The molecular formula is C30H39N3O5S. The van der Waals surface area contributed by atoms with E-state index >= 15 is 0 Å². The molecule has 3 amide bonds. The molecule has 0 radical (unpaired) electrons. The van der Waals surface area contributed by atoms with Crippen LogP contribution in [-0.2, 0) is 14.4 Å². The lowest BCUT2D eigenvalue weighted by molar-refractivity contribution is -0.142. The molecule has 2 fully saturated rings. The second-order valence-electron chi connectivity index (χ2n) is 10.6. The minimum absolute atomic E-state index is 0.0475. The number of aliphatic hydroxyl groups is 1. The third-order valence-electron chi connectivity index (χ3n) is 8.29. The van der Waals surface area contributed by atoms with Crippen LogP contribution in [0.2, 0.25) is 0 Å². The molecule has 2 saturated heterocycles. The van der Waals surface area contributed by atoms with Gasteiger partial charge in [-0.3, -0.25) is 14.4 Å². The summed E-state index contributed by atoms with van der Waals surface area (Å²) >= 11 is 1.59. The number of hydrogen-bond donors (Lipinski definition) is 1. The van der Waals surface area contributed by atoms with Crippen molar-refractivity contribution >= 4 is 35.2 Å². The molecule has 4 heterocycles. The van der Waals surface area contributed by atoms with Crippen molar-refractivity contribution in [2.75, 3.05) is 44.3 Å². The zero-order valence-electron chi connectivity index (χ0n) is 22.8. The molecule has 1 aromatic rings. The highest BCUT2D eigenvalue weighted by Crippen LogP contribution is 2.61. The molecule has 0 aromatic heterocycles. The Kier molecular flexibility index (Phi) is 8.38. The third-order valence-corrected chi connectivity index (χ3v) is 10.0. The lowest BCUT2D eigenvalue weighted by atomic mass is 9.78. The number of rotatable bonds is 10. The molecule has 39 heavy (non-hydrogen) atoms. The van der Waals surface area contributed by atoms with Crippen molar-refractivity contribution in [3.8, 4) is 5.75 Å². The van der Waals surface area contributed by atoms with Crippen molar-refractivity contribution in [1.82, 2.24) is 9.80 Å². The predicted octanol–water partition coefficient (Wildman–Crippen LogP) is 3.26. The van der Waals surface area contributed by atoms with Gasteiger partial charge in [0.25, 0.3) is 0 Å². The number of carbonyl (C=O) groups excluding carboxylic acids is 3. The quantitative estimate of drug-likeness (QED) is 0.353. The van der Waals surface area contributed by atoms with Crippen LogP contribution >= 0.6 is 11.8 Å². The van der Waals surface area contributed by atoms with Crippen molar-refractivity contribution in [3.63, 3.8) is 0 Å². The van der Waals surface area contributed by atoms with Gasteiger partial charge in [-0.05, 0) is 44.0 Å². The van der Waals surface area contributed by atoms with Crippen molar-refractivity contribution < 1.29 is 24.2 Å². The topological polar surface area (TPSA) is 90.4 Å². The summed E-state index contributed by atoms with van der Waals surface area (Å²) in [5.74, 6) is -0.785. The number of amides is 3. The average molecular weight is 554 g/mol. The largest absolute Gasteiger partial charge is 0.494 e. The van der Waals surface area contributed by atoms with E-state index in [9.17, 15) is 19.5 Å². The normalized spacial score (nSPS) is 29.8. The molecule has 4 aliphatic rings. The van der Waals surface area contributed by atoms with Crippen LogP contribution in [-0.4, -0.2) is 88.1 Å². The third kappa shape index (κ3) is 4.88. The second kappa shape index (κ2) is 11.8. The maximum atomic E-state index is 14.2. The summed E-state index contributed by atoms with van der Waals surface area (Å²) in [6, 6.07) is 6.79. The summed E-state index contributed by atoms with van der Waals surface area (Å²) in [4.78, 5) is 47.8. The number of hydrogen-bond acceptors (Lipinski definition) is 6. The fourth-order valence-electron chi connectivity index (χ4n) is 6.54. The van der Waals surface area contributed by atoms with Gasteiger partial charge in [0.15, 0.2) is 0 Å². The molecule has 5 atom stereocenters. The van der Waals surface area contributed by atoms with Gasteiger partial charge >= 0.3 is 0 Å². The molecule has 5 rings (SSSR count). The van der Waals surface area contributed by atoms with Gasteiger partial charge in [0.05, 0.1) is 23.2 Å². The first-order valence-electron chi connectivity index (χ1n) is 14.2. The minimum atomic E-state index is -0.819. The summed E-state index contributed by atoms with van der Waals surface area (Å²) in [5.41, 5.74) is 0.758. The Balaban J connectivity index is 1.50. The fraction of sp³-hybridized carbons (Fsp3) is 0.567. The van der Waals surface area contributed by atoms with E-state index in [1.165, 1.54) is 0 Å². The van der Waals surface area contributed by atoms with Gasteiger partial charge < -0.3 is 24.5 Å². The van der Waals surface area contributed by atoms with E-state index in [-0.39, 0.29) is 29.6 Å². The summed E-state index contributed by atoms with van der Waals surface area (Å²) in [6.07, 6.45) is 11.6. The zero-order chi connectivity index (χ0) is 27.6. The van der Waals surface area contributed by atoms with Gasteiger partial charge in [-0.15, -0.1) is 11.8 Å². The van der Waals surface area contributed by atoms with E-state index < -0.39 is 22.6 Å². The fourth-order valence-corrected chi connectivity index (χ4v) is 8.55. The maximum absolute atomic E-state index is 14.2. The van der Waals surface area contributed by atoms with E-state index in [0.29, 0.717) is 39.2 Å². The maximum Gasteiger partial charge on any atom is 0.247 e. The van der Waals surface area contributed by atoms with Crippen LogP contribution in [0, 0.1) is 11.8 Å². The Labute approximate surface area is 235 Å². The average Bonchev–Trinajstić information content (AvgIpc) is 3.25. The smallest absolute Gasteiger partial charge is 0.247 e. The summed E-state index contributed by atoms with van der Waals surface area (Å²) < 4.78 is 4.75. The predicted molar refractivity (Wildman–Crippen MR) is 153 cm³/mol. The number of thioether (sulfide) groups is 1. The van der Waals surface area contributed by atoms with Gasteiger partial charge in [-0.2, -0.15) is 0 Å². The van der Waals surface area contributed by atoms with Gasteiger partial charge in [-0.1, -0.05) is 44.1 Å². The molecular weight excluding hydrogens is 514 g/mol. The van der Waals surface area contributed by atoms with E-state index in [2.05, 4.69) is 19.1 Å². The Bertz CT molecular complexity index is 1140. The summed E-state index contributed by atoms with van der Waals surface area (Å²) in [7, 11) is 0. The molecule has 1 N–H and O–H groups in total. The Morgan fingerprint density at radius 1 is 0.974 bits per heavy atom. The Hall–Kier alpha value is -2.78. The van der Waals surface area contributed by atoms with Crippen molar-refractivity contribution in [1.29, 1.82) is 0 Å². The number of fused-ring (bicyclic) bond motifs is 2. The number of carbonyl (C=O) groups is 3. The molecule has 9 heteroatoms. The van der Waals surface area contributed by atoms with Crippen LogP contribution in [0.3, 0.4) is 0 Å².